The summed E-state index contributed by atoms with van der Waals surface area (Å²) in [4.78, 5) is 13.6. The molecule has 0 aliphatic heterocycles. The number of amides is 1. The summed E-state index contributed by atoms with van der Waals surface area (Å²) in [6.45, 7) is 2.79. The first-order valence-electron chi connectivity index (χ1n) is 6.55. The maximum Gasteiger partial charge on any atom is 0.226 e. The number of hydrogen-bond donors (Lipinski definition) is 0. The molecule has 2 nitrogen and oxygen atoms in total. The lowest BCUT2D eigenvalue weighted by Crippen LogP contribution is -2.27. The van der Waals surface area contributed by atoms with Crippen molar-refractivity contribution in [3.05, 3.63) is 34.9 Å². The molecule has 92 valence electrons. The second kappa shape index (κ2) is 5.35. The smallest absolute Gasteiger partial charge is 0.226 e. The summed E-state index contributed by atoms with van der Waals surface area (Å²) in [6.07, 6.45) is 5.53. The van der Waals surface area contributed by atoms with E-state index < -0.39 is 0 Å². The molecule has 1 aliphatic rings. The van der Waals surface area contributed by atoms with Gasteiger partial charge in [-0.1, -0.05) is 18.2 Å². The van der Waals surface area contributed by atoms with Crippen molar-refractivity contribution in [2.45, 2.75) is 39.0 Å². The predicted octanol–water partition coefficient (Wildman–Crippen LogP) is 2.59. The zero-order valence-electron chi connectivity index (χ0n) is 10.8. The summed E-state index contributed by atoms with van der Waals surface area (Å²) in [5.74, 6) is 0.211. The van der Waals surface area contributed by atoms with Crippen LogP contribution in [-0.4, -0.2) is 24.4 Å². The van der Waals surface area contributed by atoms with E-state index >= 15 is 0 Å². The SMILES string of the molecule is CCN(C)C(=O)Cc1ccc2c(c1)CCCC2. The molecule has 2 heteroatoms. The van der Waals surface area contributed by atoms with Crippen LogP contribution in [0.25, 0.3) is 0 Å². The zero-order chi connectivity index (χ0) is 12.3. The van der Waals surface area contributed by atoms with Crippen LogP contribution in [0.3, 0.4) is 0 Å². The van der Waals surface area contributed by atoms with Gasteiger partial charge in [0.1, 0.15) is 0 Å². The number of hydrogen-bond acceptors (Lipinski definition) is 1. The third-order valence-corrected chi connectivity index (χ3v) is 3.67. The number of likely N-dealkylation sites (N-methyl/N-ethyl adjacent to an activating group) is 1. The number of nitrogens with zero attached hydrogens (tertiary/aromatic N) is 1. The van der Waals surface area contributed by atoms with Gasteiger partial charge in [0, 0.05) is 13.6 Å². The quantitative estimate of drug-likeness (QED) is 0.783. The molecule has 0 aromatic heterocycles. The fourth-order valence-corrected chi connectivity index (χ4v) is 2.38. The van der Waals surface area contributed by atoms with Gasteiger partial charge in [0.25, 0.3) is 0 Å². The Labute approximate surface area is 104 Å². The van der Waals surface area contributed by atoms with E-state index in [1.165, 1.54) is 36.8 Å². The normalized spacial score (nSPS) is 14.2. The van der Waals surface area contributed by atoms with E-state index in [-0.39, 0.29) is 5.91 Å². The number of benzene rings is 1. The van der Waals surface area contributed by atoms with Gasteiger partial charge < -0.3 is 4.90 Å². The minimum absolute atomic E-state index is 0.211. The minimum Gasteiger partial charge on any atom is -0.346 e. The molecular weight excluding hydrogens is 210 g/mol. The first-order chi connectivity index (χ1) is 8.20. The highest BCUT2D eigenvalue weighted by molar-refractivity contribution is 5.78. The van der Waals surface area contributed by atoms with Crippen LogP contribution in [0.5, 0.6) is 0 Å². The van der Waals surface area contributed by atoms with Crippen LogP contribution in [0, 0.1) is 0 Å². The molecule has 2 rings (SSSR count). The summed E-state index contributed by atoms with van der Waals surface area (Å²) in [7, 11) is 1.86. The second-order valence-electron chi connectivity index (χ2n) is 4.89. The molecule has 0 saturated carbocycles. The fraction of sp³-hybridized carbons (Fsp3) is 0.533. The van der Waals surface area contributed by atoms with Gasteiger partial charge in [-0.25, -0.2) is 0 Å². The lowest BCUT2D eigenvalue weighted by atomic mass is 9.90. The van der Waals surface area contributed by atoms with Crippen molar-refractivity contribution < 1.29 is 4.79 Å². The highest BCUT2D eigenvalue weighted by Gasteiger charge is 2.12. The van der Waals surface area contributed by atoms with Crippen molar-refractivity contribution >= 4 is 5.91 Å². The third kappa shape index (κ3) is 2.87. The van der Waals surface area contributed by atoms with E-state index in [1.807, 2.05) is 14.0 Å². The molecule has 0 heterocycles. The Morgan fingerprint density at radius 1 is 1.24 bits per heavy atom. The topological polar surface area (TPSA) is 20.3 Å². The Morgan fingerprint density at radius 3 is 2.65 bits per heavy atom. The average molecular weight is 231 g/mol. The summed E-state index contributed by atoms with van der Waals surface area (Å²) in [6, 6.07) is 6.56. The highest BCUT2D eigenvalue weighted by Crippen LogP contribution is 2.22. The molecule has 0 saturated heterocycles. The number of aryl methyl sites for hydroxylation is 2. The van der Waals surface area contributed by atoms with Crippen LogP contribution >= 0.6 is 0 Å². The fourth-order valence-electron chi connectivity index (χ4n) is 2.38. The molecule has 0 fully saturated rings. The van der Waals surface area contributed by atoms with E-state index in [4.69, 9.17) is 0 Å². The lowest BCUT2D eigenvalue weighted by molar-refractivity contribution is -0.128. The number of fused-ring (bicyclic) bond motifs is 1. The summed E-state index contributed by atoms with van der Waals surface area (Å²) in [5, 5.41) is 0. The highest BCUT2D eigenvalue weighted by atomic mass is 16.2. The first-order valence-corrected chi connectivity index (χ1v) is 6.55. The van der Waals surface area contributed by atoms with Crippen LogP contribution in [0.1, 0.15) is 36.5 Å². The average Bonchev–Trinajstić information content (AvgIpc) is 2.37. The summed E-state index contributed by atoms with van der Waals surface area (Å²) in [5.41, 5.74) is 4.10. The van der Waals surface area contributed by atoms with E-state index in [0.29, 0.717) is 6.42 Å². The molecule has 1 aromatic carbocycles. The van der Waals surface area contributed by atoms with Gasteiger partial charge in [-0.15, -0.1) is 0 Å². The predicted molar refractivity (Wildman–Crippen MR) is 70.1 cm³/mol. The lowest BCUT2D eigenvalue weighted by Gasteiger charge is -2.18. The minimum atomic E-state index is 0.211. The molecule has 1 aliphatic carbocycles. The maximum atomic E-state index is 11.8. The molecule has 0 bridgehead atoms. The van der Waals surface area contributed by atoms with Crippen LogP contribution in [-0.2, 0) is 24.1 Å². The van der Waals surface area contributed by atoms with Crippen molar-refractivity contribution in [2.24, 2.45) is 0 Å². The van der Waals surface area contributed by atoms with E-state index in [2.05, 4.69) is 18.2 Å². The van der Waals surface area contributed by atoms with E-state index in [9.17, 15) is 4.79 Å². The van der Waals surface area contributed by atoms with Crippen molar-refractivity contribution in [3.63, 3.8) is 0 Å². The monoisotopic (exact) mass is 231 g/mol. The van der Waals surface area contributed by atoms with Gasteiger partial charge in [-0.2, -0.15) is 0 Å². The Bertz CT molecular complexity index is 411. The van der Waals surface area contributed by atoms with Crippen LogP contribution in [0.15, 0.2) is 18.2 Å². The largest absolute Gasteiger partial charge is 0.346 e. The zero-order valence-corrected chi connectivity index (χ0v) is 10.8. The first kappa shape index (κ1) is 12.2. The van der Waals surface area contributed by atoms with Gasteiger partial charge >= 0.3 is 0 Å². The van der Waals surface area contributed by atoms with Gasteiger partial charge in [0.05, 0.1) is 6.42 Å². The molecular formula is C15H21NO. The summed E-state index contributed by atoms with van der Waals surface area (Å²) >= 11 is 0. The second-order valence-corrected chi connectivity index (χ2v) is 4.89. The molecule has 0 radical (unpaired) electrons. The van der Waals surface area contributed by atoms with Gasteiger partial charge in [0.15, 0.2) is 0 Å². The Kier molecular flexibility index (Phi) is 3.82. The number of carbonyl (C=O) groups is 1. The molecule has 1 aromatic rings. The molecule has 0 N–H and O–H groups in total. The molecule has 17 heavy (non-hydrogen) atoms. The standard InChI is InChI=1S/C15H21NO/c1-3-16(2)15(17)11-12-8-9-13-6-4-5-7-14(13)10-12/h8-10H,3-7,11H2,1-2H3. The van der Waals surface area contributed by atoms with Crippen molar-refractivity contribution in [1.29, 1.82) is 0 Å². The van der Waals surface area contributed by atoms with Gasteiger partial charge in [0.2, 0.25) is 5.91 Å². The molecule has 0 spiro atoms. The summed E-state index contributed by atoms with van der Waals surface area (Å²) < 4.78 is 0. The maximum absolute atomic E-state index is 11.8. The molecule has 0 atom stereocenters. The Morgan fingerprint density at radius 2 is 1.94 bits per heavy atom. The Balaban J connectivity index is 2.09. The van der Waals surface area contributed by atoms with Crippen molar-refractivity contribution in [2.75, 3.05) is 13.6 Å². The number of rotatable bonds is 3. The van der Waals surface area contributed by atoms with E-state index in [1.54, 1.807) is 4.90 Å². The van der Waals surface area contributed by atoms with Crippen LogP contribution in [0.4, 0.5) is 0 Å². The van der Waals surface area contributed by atoms with Crippen molar-refractivity contribution in [3.8, 4) is 0 Å². The van der Waals surface area contributed by atoms with E-state index in [0.717, 1.165) is 12.1 Å². The van der Waals surface area contributed by atoms with Crippen LogP contribution < -0.4 is 0 Å². The number of carbonyl (C=O) groups excluding carboxylic acids is 1. The van der Waals surface area contributed by atoms with Gasteiger partial charge in [-0.05, 0) is 49.3 Å². The third-order valence-electron chi connectivity index (χ3n) is 3.67. The van der Waals surface area contributed by atoms with Crippen molar-refractivity contribution in [1.82, 2.24) is 4.90 Å². The molecule has 0 unspecified atom stereocenters. The van der Waals surface area contributed by atoms with Gasteiger partial charge in [-0.3, -0.25) is 4.79 Å². The van der Waals surface area contributed by atoms with Crippen LogP contribution in [0.2, 0.25) is 0 Å². The molecule has 1 amide bonds. The Hall–Kier alpha value is -1.31.